The van der Waals surface area contributed by atoms with Crippen molar-refractivity contribution in [2.24, 2.45) is 0 Å². The first-order chi connectivity index (χ1) is 18.2. The topological polar surface area (TPSA) is 79.0 Å². The van der Waals surface area contributed by atoms with Gasteiger partial charge in [0.1, 0.15) is 5.75 Å². The summed E-state index contributed by atoms with van der Waals surface area (Å²) in [6, 6.07) is 16.4. The Morgan fingerprint density at radius 2 is 1.63 bits per heavy atom. The van der Waals surface area contributed by atoms with Crippen LogP contribution >= 0.6 is 0 Å². The number of hydrogen-bond donors (Lipinski definition) is 1. The van der Waals surface area contributed by atoms with E-state index < -0.39 is 10.0 Å². The molecule has 1 spiro atoms. The van der Waals surface area contributed by atoms with Crippen LogP contribution in [0.4, 0.5) is 5.69 Å². The lowest BCUT2D eigenvalue weighted by atomic mass is 9.73. The van der Waals surface area contributed by atoms with Gasteiger partial charge in [-0.1, -0.05) is 36.4 Å². The molecule has 0 aliphatic carbocycles. The van der Waals surface area contributed by atoms with Crippen molar-refractivity contribution in [3.63, 3.8) is 0 Å². The molecular weight excluding hydrogens is 498 g/mol. The molecular formula is C30H33N3O4S. The molecule has 1 saturated heterocycles. The fourth-order valence-corrected chi connectivity index (χ4v) is 6.91. The molecule has 3 aromatic rings. The quantitative estimate of drug-likeness (QED) is 0.498. The predicted molar refractivity (Wildman–Crippen MR) is 149 cm³/mol. The van der Waals surface area contributed by atoms with Gasteiger partial charge < -0.3 is 15.0 Å². The summed E-state index contributed by atoms with van der Waals surface area (Å²) in [6.07, 6.45) is 2.99. The highest BCUT2D eigenvalue weighted by molar-refractivity contribution is 7.89. The number of nitrogens with zero attached hydrogens (tertiary/aromatic N) is 2. The number of rotatable bonds is 5. The van der Waals surface area contributed by atoms with Crippen LogP contribution in [0.1, 0.15) is 39.9 Å². The third kappa shape index (κ3) is 4.02. The summed E-state index contributed by atoms with van der Waals surface area (Å²) in [5, 5.41) is 3.68. The second-order valence-corrected chi connectivity index (χ2v) is 13.1. The number of benzene rings is 3. The maximum atomic E-state index is 13.8. The van der Waals surface area contributed by atoms with Gasteiger partial charge in [0.15, 0.2) is 5.78 Å². The van der Waals surface area contributed by atoms with E-state index in [9.17, 15) is 13.2 Å². The second kappa shape index (κ2) is 9.22. The number of sulfonamides is 1. The molecule has 7 nitrogen and oxygen atoms in total. The molecule has 3 aliphatic heterocycles. The number of anilines is 1. The molecule has 8 heteroatoms. The third-order valence-corrected chi connectivity index (χ3v) is 10.3. The molecule has 6 rings (SSSR count). The monoisotopic (exact) mass is 531 g/mol. The van der Waals surface area contributed by atoms with Crippen LogP contribution in [-0.4, -0.2) is 70.8 Å². The van der Waals surface area contributed by atoms with E-state index in [-0.39, 0.29) is 16.1 Å². The summed E-state index contributed by atoms with van der Waals surface area (Å²) in [7, 11) is 1.73. The molecule has 0 unspecified atom stereocenters. The highest BCUT2D eigenvalue weighted by Crippen LogP contribution is 2.50. The maximum absolute atomic E-state index is 13.8. The molecule has 0 amide bonds. The van der Waals surface area contributed by atoms with E-state index in [4.69, 9.17) is 4.74 Å². The van der Waals surface area contributed by atoms with Crippen molar-refractivity contribution in [1.29, 1.82) is 0 Å². The summed E-state index contributed by atoms with van der Waals surface area (Å²) in [5.41, 5.74) is 6.76. The normalized spacial score (nSPS) is 18.2. The average Bonchev–Trinajstić information content (AvgIpc) is 3.55. The number of carbonyl (C=O) groups excluding carboxylic acids is 1. The van der Waals surface area contributed by atoms with Crippen molar-refractivity contribution in [2.45, 2.75) is 29.6 Å². The third-order valence-electron chi connectivity index (χ3n) is 8.45. The molecule has 0 aromatic heterocycles. The first-order valence-electron chi connectivity index (χ1n) is 13.1. The largest absolute Gasteiger partial charge is 0.492 e. The zero-order valence-electron chi connectivity index (χ0n) is 22.1. The molecule has 1 fully saturated rings. The van der Waals surface area contributed by atoms with Gasteiger partial charge in [0.25, 0.3) is 0 Å². The van der Waals surface area contributed by atoms with E-state index in [0.717, 1.165) is 61.3 Å². The van der Waals surface area contributed by atoms with Crippen LogP contribution in [0.3, 0.4) is 0 Å². The Morgan fingerprint density at radius 1 is 1.00 bits per heavy atom. The van der Waals surface area contributed by atoms with Crippen molar-refractivity contribution >= 4 is 21.5 Å². The first kappa shape index (κ1) is 25.1. The molecule has 1 N–H and O–H groups in total. The Hall–Kier alpha value is -3.20. The Balaban J connectivity index is 1.31. The maximum Gasteiger partial charge on any atom is 0.242 e. The molecule has 198 valence electrons. The van der Waals surface area contributed by atoms with Gasteiger partial charge in [-0.2, -0.15) is 0 Å². The van der Waals surface area contributed by atoms with E-state index in [1.807, 2.05) is 24.3 Å². The zero-order chi connectivity index (χ0) is 26.7. The molecule has 3 aromatic carbocycles. The average molecular weight is 532 g/mol. The zero-order valence-corrected chi connectivity index (χ0v) is 22.9. The van der Waals surface area contributed by atoms with Crippen LogP contribution in [-0.2, 0) is 21.9 Å². The molecule has 0 saturated carbocycles. The van der Waals surface area contributed by atoms with Crippen LogP contribution < -0.4 is 10.1 Å². The Kier molecular flexibility index (Phi) is 6.09. The molecule has 0 atom stereocenters. The van der Waals surface area contributed by atoms with Gasteiger partial charge in [-0.05, 0) is 67.9 Å². The van der Waals surface area contributed by atoms with Gasteiger partial charge >= 0.3 is 0 Å². The summed E-state index contributed by atoms with van der Waals surface area (Å²) in [4.78, 5) is 16.4. The van der Waals surface area contributed by atoms with E-state index in [1.165, 1.54) is 29.7 Å². The van der Waals surface area contributed by atoms with Crippen LogP contribution in [0.15, 0.2) is 59.5 Å². The minimum atomic E-state index is -3.48. The van der Waals surface area contributed by atoms with Crippen LogP contribution in [0.2, 0.25) is 0 Å². The highest BCUT2D eigenvalue weighted by Gasteiger charge is 2.44. The fraction of sp³-hybridized carbons (Fsp3) is 0.367. The van der Waals surface area contributed by atoms with E-state index in [0.29, 0.717) is 17.7 Å². The number of hydrogen-bond acceptors (Lipinski definition) is 6. The number of ketones is 1. The number of carbonyl (C=O) groups is 1. The Labute approximate surface area is 224 Å². The van der Waals surface area contributed by atoms with Gasteiger partial charge in [0.05, 0.1) is 17.1 Å². The lowest BCUT2D eigenvalue weighted by molar-refractivity contribution is 0.103. The first-order valence-corrected chi connectivity index (χ1v) is 14.6. The predicted octanol–water partition coefficient (Wildman–Crippen LogP) is 4.16. The fourth-order valence-electron chi connectivity index (χ4n) is 6.01. The van der Waals surface area contributed by atoms with Crippen molar-refractivity contribution in [1.82, 2.24) is 9.21 Å². The summed E-state index contributed by atoms with van der Waals surface area (Å²) < 4.78 is 32.0. The van der Waals surface area contributed by atoms with Gasteiger partial charge in [0, 0.05) is 49.3 Å². The van der Waals surface area contributed by atoms with E-state index >= 15 is 0 Å². The number of piperidine rings is 1. The minimum Gasteiger partial charge on any atom is -0.492 e. The summed E-state index contributed by atoms with van der Waals surface area (Å²) in [6.45, 7) is 3.63. The Bertz CT molecular complexity index is 1500. The molecule has 3 aliphatic rings. The van der Waals surface area contributed by atoms with Gasteiger partial charge in [-0.3, -0.25) is 4.79 Å². The van der Waals surface area contributed by atoms with Gasteiger partial charge in [-0.15, -0.1) is 0 Å². The SMILES string of the molecule is CN1CCC2(CC1)CNc1c2cc(C(=O)c2ccc(-c3ccc(S(=O)(=O)N(C)C)cc3)cc2)c2c1CCO2. The van der Waals surface area contributed by atoms with Crippen LogP contribution in [0, 0.1) is 0 Å². The van der Waals surface area contributed by atoms with Crippen molar-refractivity contribution in [3.8, 4) is 16.9 Å². The summed E-state index contributed by atoms with van der Waals surface area (Å²) >= 11 is 0. The van der Waals surface area contributed by atoms with Crippen molar-refractivity contribution < 1.29 is 17.9 Å². The number of fused-ring (bicyclic) bond motifs is 4. The van der Waals surface area contributed by atoms with Gasteiger partial charge in [0.2, 0.25) is 10.0 Å². The van der Waals surface area contributed by atoms with Crippen molar-refractivity contribution in [3.05, 3.63) is 76.9 Å². The standard InChI is InChI=1S/C30H33N3O4S/c1-32(2)38(35,36)23-10-8-21(9-11-23)20-4-6-22(7-5-20)28(34)25-18-26-27(24-12-17-37-29(24)25)31-19-30(26)13-15-33(3)16-14-30/h4-11,18,31H,12-17,19H2,1-3H3. The van der Waals surface area contributed by atoms with Crippen LogP contribution in [0.5, 0.6) is 5.75 Å². The lowest BCUT2D eigenvalue weighted by Crippen LogP contribution is -2.42. The van der Waals surface area contributed by atoms with E-state index in [1.54, 1.807) is 24.3 Å². The van der Waals surface area contributed by atoms with Crippen molar-refractivity contribution in [2.75, 3.05) is 52.7 Å². The van der Waals surface area contributed by atoms with E-state index in [2.05, 4.69) is 23.3 Å². The lowest BCUT2D eigenvalue weighted by Gasteiger charge is -2.38. The number of likely N-dealkylation sites (tertiary alicyclic amines) is 1. The summed E-state index contributed by atoms with van der Waals surface area (Å²) in [5.74, 6) is 0.702. The highest BCUT2D eigenvalue weighted by atomic mass is 32.2. The molecule has 0 radical (unpaired) electrons. The smallest absolute Gasteiger partial charge is 0.242 e. The number of ether oxygens (including phenoxy) is 1. The molecule has 38 heavy (non-hydrogen) atoms. The molecule has 3 heterocycles. The van der Waals surface area contributed by atoms with Gasteiger partial charge in [-0.25, -0.2) is 12.7 Å². The number of nitrogens with one attached hydrogen (secondary N) is 1. The Morgan fingerprint density at radius 3 is 2.26 bits per heavy atom. The molecule has 0 bridgehead atoms. The second-order valence-electron chi connectivity index (χ2n) is 10.9. The minimum absolute atomic E-state index is 0.0279. The van der Waals surface area contributed by atoms with Crippen LogP contribution in [0.25, 0.3) is 11.1 Å².